The summed E-state index contributed by atoms with van der Waals surface area (Å²) in [6.45, 7) is 30.5. The molecule has 32 heteroatoms. The summed E-state index contributed by atoms with van der Waals surface area (Å²) in [5, 5.41) is 62.9. The predicted molar refractivity (Wildman–Crippen MR) is 495 cm³/mol. The van der Waals surface area contributed by atoms with E-state index in [9.17, 15) is 39.6 Å². The Labute approximate surface area is 755 Å². The lowest BCUT2D eigenvalue weighted by Gasteiger charge is -2.40. The van der Waals surface area contributed by atoms with E-state index in [1.807, 2.05) is 74.5 Å². The number of pyridine rings is 4. The number of nitriles is 1. The highest BCUT2D eigenvalue weighted by atomic mass is 35.5. The lowest BCUT2D eigenvalue weighted by molar-refractivity contribution is -0.148. The number of nitrogens with one attached hydrogen (secondary N) is 4. The van der Waals surface area contributed by atoms with Crippen LogP contribution >= 0.6 is 11.6 Å². The van der Waals surface area contributed by atoms with E-state index >= 15 is 0 Å². The maximum absolute atomic E-state index is 12.2. The molecule has 4 saturated heterocycles. The predicted octanol–water partition coefficient (Wildman–Crippen LogP) is 17.4. The molecule has 7 aliphatic rings. The molecule has 8 N–H and O–H groups in total. The number of carboxylic acid groups (broad SMARTS) is 4. The van der Waals surface area contributed by atoms with E-state index in [0.29, 0.717) is 133 Å². The number of aliphatic carboxylic acids is 4. The number of hydrogen-bond donors (Lipinski definition) is 8. The van der Waals surface area contributed by atoms with Gasteiger partial charge in [0.25, 0.3) is 0 Å². The topological polar surface area (TPSA) is 393 Å². The van der Waals surface area contributed by atoms with E-state index in [2.05, 4.69) is 113 Å². The van der Waals surface area contributed by atoms with Gasteiger partial charge in [-0.2, -0.15) is 5.26 Å². The zero-order valence-corrected chi connectivity index (χ0v) is 76.3. The molecular weight excluding hydrogens is 1650 g/mol. The molecular formula is C96H126ClN17O14. The Morgan fingerprint density at radius 2 is 0.828 bits per heavy atom. The van der Waals surface area contributed by atoms with Crippen molar-refractivity contribution in [3.63, 3.8) is 0 Å². The molecule has 2 aromatic carbocycles. The van der Waals surface area contributed by atoms with E-state index in [1.54, 1.807) is 69.4 Å². The van der Waals surface area contributed by atoms with Crippen LogP contribution in [0.25, 0.3) is 0 Å². The minimum absolute atomic E-state index is 0.309. The number of benzene rings is 2. The van der Waals surface area contributed by atoms with E-state index in [4.69, 9.17) is 60.2 Å². The highest BCUT2D eigenvalue weighted by Gasteiger charge is 2.49. The fraction of sp³-hybridized carbons (Fsp3) is 0.531. The third kappa shape index (κ3) is 23.2. The van der Waals surface area contributed by atoms with E-state index in [0.717, 1.165) is 218 Å². The molecule has 128 heavy (non-hydrogen) atoms. The number of anilines is 12. The number of hydrogen-bond acceptors (Lipinski definition) is 27. The second kappa shape index (κ2) is 44.6. The summed E-state index contributed by atoms with van der Waals surface area (Å²) < 4.78 is 33.0. The number of carbonyl (C=O) groups is 4. The Balaban J connectivity index is 0.000000155. The largest absolute Gasteiger partial charge is 0.481 e. The van der Waals surface area contributed by atoms with Crippen LogP contribution in [0.4, 0.5) is 68.8 Å². The molecule has 15 rings (SSSR count). The molecule has 3 saturated carbocycles. The average Bonchev–Trinajstić information content (AvgIpc) is 0.764. The lowest BCUT2D eigenvalue weighted by Crippen LogP contribution is -2.44. The Bertz CT molecular complexity index is 5010. The third-order valence-corrected chi connectivity index (χ3v) is 25.7. The van der Waals surface area contributed by atoms with Crippen LogP contribution in [0, 0.1) is 23.2 Å². The quantitative estimate of drug-likeness (QED) is 0.0186. The fourth-order valence-electron chi connectivity index (χ4n) is 17.6. The summed E-state index contributed by atoms with van der Waals surface area (Å²) in [5.41, 5.74) is 6.35. The second-order valence-electron chi connectivity index (χ2n) is 35.1. The summed E-state index contributed by atoms with van der Waals surface area (Å²) in [4.78, 5) is 93.4. The minimum atomic E-state index is -1.02. The first-order valence-electron chi connectivity index (χ1n) is 45.3. The van der Waals surface area contributed by atoms with Crippen molar-refractivity contribution in [2.24, 2.45) is 11.8 Å². The number of halogens is 1. The highest BCUT2D eigenvalue weighted by molar-refractivity contribution is 6.30. The van der Waals surface area contributed by atoms with Gasteiger partial charge in [-0.1, -0.05) is 64.6 Å². The third-order valence-electron chi connectivity index (χ3n) is 25.5. The molecule has 10 heterocycles. The summed E-state index contributed by atoms with van der Waals surface area (Å²) in [7, 11) is 0. The van der Waals surface area contributed by atoms with Gasteiger partial charge in [0.15, 0.2) is 17.5 Å². The molecule has 686 valence electrons. The molecule has 8 aromatic rings. The second-order valence-corrected chi connectivity index (χ2v) is 35.6. The molecule has 0 amide bonds. The molecule has 0 bridgehead atoms. The first-order valence-corrected chi connectivity index (χ1v) is 45.7. The maximum atomic E-state index is 12.2. The van der Waals surface area contributed by atoms with Gasteiger partial charge in [-0.25, -0.2) is 39.9 Å². The van der Waals surface area contributed by atoms with Gasteiger partial charge in [-0.3, -0.25) is 19.2 Å². The Kier molecular flexibility index (Phi) is 33.4. The average molecular weight is 1780 g/mol. The van der Waals surface area contributed by atoms with Gasteiger partial charge in [0, 0.05) is 139 Å². The maximum Gasteiger partial charge on any atom is 0.316 e. The Hall–Kier alpha value is -11.3. The van der Waals surface area contributed by atoms with Crippen molar-refractivity contribution in [2.75, 3.05) is 133 Å². The molecule has 4 aliphatic heterocycles. The molecule has 0 atom stereocenters. The monoisotopic (exact) mass is 1780 g/mol. The molecule has 31 nitrogen and oxygen atoms in total. The van der Waals surface area contributed by atoms with Gasteiger partial charge in [-0.15, -0.1) is 0 Å². The first-order chi connectivity index (χ1) is 61.7. The van der Waals surface area contributed by atoms with Crippen LogP contribution in [0.15, 0.2) is 122 Å². The van der Waals surface area contributed by atoms with Crippen molar-refractivity contribution < 1.29 is 68.0 Å². The molecule has 3 aliphatic carbocycles. The zero-order valence-electron chi connectivity index (χ0n) is 75.5. The van der Waals surface area contributed by atoms with Crippen molar-refractivity contribution in [1.82, 2.24) is 39.9 Å². The highest BCUT2D eigenvalue weighted by Crippen LogP contribution is 2.50. The lowest BCUT2D eigenvalue weighted by atomic mass is 9.65. The number of nitrogens with zero attached hydrogens (tertiary/aromatic N) is 13. The number of aromatic nitrogens is 8. The number of carboxylic acids is 4. The summed E-state index contributed by atoms with van der Waals surface area (Å²) in [5.74, 6) is 0.712. The first kappa shape index (κ1) is 95.8. The van der Waals surface area contributed by atoms with Crippen LogP contribution in [-0.2, 0) is 59.8 Å². The van der Waals surface area contributed by atoms with Gasteiger partial charge < -0.3 is 89.7 Å². The van der Waals surface area contributed by atoms with Crippen molar-refractivity contribution in [1.29, 1.82) is 5.26 Å². The Morgan fingerprint density at radius 1 is 0.461 bits per heavy atom. The van der Waals surface area contributed by atoms with Crippen molar-refractivity contribution in [2.45, 2.75) is 224 Å². The van der Waals surface area contributed by atoms with Gasteiger partial charge in [0.1, 0.15) is 11.9 Å². The summed E-state index contributed by atoms with van der Waals surface area (Å²) in [6.07, 6.45) is 27.5. The standard InChI is InChI=1S/C25H35N5O4.C25H36N4O4.C23H28ClN3O3.C23H27N5O3/c1-4-34-24-27-14-19(15-28-24)29-21-12-18(25(23(31)32)8-5-9-25)13-26-22(21)30(16-17(2)3)20-6-10-33-11-7-20;1-6-33-24-26-14-19(15-27-24)28-21-13-18(25(4,5)23(30)31)7-8-22(21)29(16-17(2)3)20-9-11-32-12-10-20;1-2-27(19-8-12-30-13-9-19)21-20(26-18-6-4-17(24)5-7-18)14-16(15-25-21)23(22(28)29)10-3-11-23;1-2-28(18-6-10-31-11-7-18)21-19(27-20-5-4-16(13-24)14-25-20)12-17(15-26-21)23(22(29)30)8-3-9-23/h12-15,17,20,29H,4-11,16H2,1-3H3,(H,31,32);7-8,13-15,17,20,28H,6,9-12,16H2,1-5H3,(H,30,31);4-7,14-15,19,26H,2-3,8-13H2,1H3,(H,28,29);4-5,12,14-15,18H,2-3,6-11H2,1H3,(H,25,27)(H,29,30). The normalized spacial score (nSPS) is 17.2. The van der Waals surface area contributed by atoms with Crippen LogP contribution in [0.3, 0.4) is 0 Å². The van der Waals surface area contributed by atoms with E-state index in [-0.39, 0.29) is 0 Å². The summed E-state index contributed by atoms with van der Waals surface area (Å²) >= 11 is 6.04. The smallest absolute Gasteiger partial charge is 0.316 e. The molecule has 0 unspecified atom stereocenters. The van der Waals surface area contributed by atoms with Crippen molar-refractivity contribution in [3.05, 3.63) is 155 Å². The van der Waals surface area contributed by atoms with E-state index < -0.39 is 45.5 Å². The van der Waals surface area contributed by atoms with Crippen LogP contribution in [0.1, 0.15) is 206 Å². The molecule has 7 fully saturated rings. The van der Waals surface area contributed by atoms with Gasteiger partial charge in [-0.05, 0) is 232 Å². The minimum Gasteiger partial charge on any atom is -0.481 e. The van der Waals surface area contributed by atoms with Gasteiger partial charge in [0.2, 0.25) is 0 Å². The SMILES string of the molecule is CCN(c1ncc(C2(C(=O)O)CCC2)cc1Nc1ccc(C#N)cn1)C1CCOCC1.CCN(c1ncc(C2(C(=O)O)CCC2)cc1Nc1ccc(Cl)cc1)C1CCOCC1.CCOc1ncc(Nc2cc(C(C)(C)C(=O)O)ccc2N(CC(C)C)C2CCOCC2)cn1.CCOc1ncc(Nc2cc(C3(C(=O)O)CCC3)cnc2N(CC(C)C)C2CCOCC2)cn1. The number of ether oxygens (including phenoxy) is 6. The van der Waals surface area contributed by atoms with Crippen LogP contribution < -0.4 is 50.3 Å². The van der Waals surface area contributed by atoms with Crippen molar-refractivity contribution >= 4 is 104 Å². The molecule has 0 radical (unpaired) electrons. The zero-order chi connectivity index (χ0) is 91.1. The van der Waals surface area contributed by atoms with Crippen LogP contribution in [-0.4, -0.2) is 201 Å². The number of rotatable bonds is 34. The van der Waals surface area contributed by atoms with Gasteiger partial charge in [0.05, 0.1) is 105 Å². The van der Waals surface area contributed by atoms with E-state index in [1.165, 1.54) is 6.20 Å². The molecule has 6 aromatic heterocycles. The summed E-state index contributed by atoms with van der Waals surface area (Å²) in [6, 6.07) is 26.7. The van der Waals surface area contributed by atoms with Gasteiger partial charge >= 0.3 is 35.9 Å². The van der Waals surface area contributed by atoms with Crippen LogP contribution in [0.5, 0.6) is 12.0 Å². The molecule has 0 spiro atoms. The fourth-order valence-corrected chi connectivity index (χ4v) is 17.7. The van der Waals surface area contributed by atoms with Crippen LogP contribution in [0.2, 0.25) is 5.02 Å². The Morgan fingerprint density at radius 3 is 1.17 bits per heavy atom. The van der Waals surface area contributed by atoms with Crippen molar-refractivity contribution in [3.8, 4) is 18.1 Å².